The summed E-state index contributed by atoms with van der Waals surface area (Å²) in [5, 5.41) is 11.7. The molecule has 3 aromatic rings. The van der Waals surface area contributed by atoms with E-state index in [1.165, 1.54) is 10.9 Å². The van der Waals surface area contributed by atoms with E-state index in [1.54, 1.807) is 0 Å². The first-order valence-corrected chi connectivity index (χ1v) is 6.48. The lowest BCUT2D eigenvalue weighted by molar-refractivity contribution is 0.215. The fourth-order valence-electron chi connectivity index (χ4n) is 2.54. The van der Waals surface area contributed by atoms with Gasteiger partial charge in [0.15, 0.2) is 0 Å². The summed E-state index contributed by atoms with van der Waals surface area (Å²) in [6.07, 6.45) is -0.603. The van der Waals surface area contributed by atoms with Gasteiger partial charge in [0.2, 0.25) is 0 Å². The highest BCUT2D eigenvalue weighted by Gasteiger charge is 2.16. The first-order valence-electron chi connectivity index (χ1n) is 6.48. The van der Waals surface area contributed by atoms with Gasteiger partial charge in [-0.1, -0.05) is 42.0 Å². The molecule has 0 unspecified atom stereocenters. The van der Waals surface area contributed by atoms with Crippen LogP contribution >= 0.6 is 0 Å². The zero-order valence-electron chi connectivity index (χ0n) is 11.1. The number of rotatable bonds is 2. The maximum absolute atomic E-state index is 10.5. The molecule has 1 aromatic heterocycles. The highest BCUT2D eigenvalue weighted by molar-refractivity contribution is 5.85. The van der Waals surface area contributed by atoms with Gasteiger partial charge in [-0.05, 0) is 37.1 Å². The number of fused-ring (bicyclic) bond motifs is 1. The Morgan fingerprint density at radius 3 is 2.47 bits per heavy atom. The zero-order valence-corrected chi connectivity index (χ0v) is 11.1. The Hall–Kier alpha value is -2.06. The lowest BCUT2D eigenvalue weighted by Crippen LogP contribution is -2.01. The average molecular weight is 251 g/mol. The molecule has 0 spiro atoms. The second kappa shape index (κ2) is 4.56. The third-order valence-corrected chi connectivity index (χ3v) is 3.64. The van der Waals surface area contributed by atoms with E-state index >= 15 is 0 Å². The van der Waals surface area contributed by atoms with Crippen molar-refractivity contribution in [1.29, 1.82) is 0 Å². The van der Waals surface area contributed by atoms with E-state index < -0.39 is 6.10 Å². The van der Waals surface area contributed by atoms with Crippen LogP contribution in [0.5, 0.6) is 0 Å². The fourth-order valence-corrected chi connectivity index (χ4v) is 2.54. The van der Waals surface area contributed by atoms with E-state index in [9.17, 15) is 5.11 Å². The Labute approximate surface area is 112 Å². The van der Waals surface area contributed by atoms with Crippen molar-refractivity contribution in [3.05, 3.63) is 70.9 Å². The summed E-state index contributed by atoms with van der Waals surface area (Å²) in [6.45, 7) is 4.14. The van der Waals surface area contributed by atoms with E-state index in [2.05, 4.69) is 37.0 Å². The number of hydrogen-bond donors (Lipinski definition) is 2. The van der Waals surface area contributed by atoms with Crippen LogP contribution < -0.4 is 0 Å². The molecule has 0 fully saturated rings. The van der Waals surface area contributed by atoms with Gasteiger partial charge in [0.05, 0.1) is 5.69 Å². The number of H-pyrrole nitrogens is 1. The molecular weight excluding hydrogens is 234 g/mol. The van der Waals surface area contributed by atoms with Gasteiger partial charge in [-0.25, -0.2) is 0 Å². The van der Waals surface area contributed by atoms with Crippen LogP contribution in [0.2, 0.25) is 0 Å². The smallest absolute Gasteiger partial charge is 0.119 e. The Bertz CT molecular complexity index is 713. The van der Waals surface area contributed by atoms with Gasteiger partial charge in [0.25, 0.3) is 0 Å². The maximum Gasteiger partial charge on any atom is 0.119 e. The number of aromatic amines is 1. The van der Waals surface area contributed by atoms with Crippen molar-refractivity contribution in [3.63, 3.8) is 0 Å². The largest absolute Gasteiger partial charge is 0.382 e. The molecular formula is C17H17NO. The Morgan fingerprint density at radius 2 is 1.74 bits per heavy atom. The molecule has 0 aliphatic carbocycles. The van der Waals surface area contributed by atoms with Gasteiger partial charge >= 0.3 is 0 Å². The maximum atomic E-state index is 10.5. The Balaban J connectivity index is 2.13. The van der Waals surface area contributed by atoms with Gasteiger partial charge in [0, 0.05) is 10.9 Å². The van der Waals surface area contributed by atoms with Crippen molar-refractivity contribution in [2.75, 3.05) is 0 Å². The summed E-state index contributed by atoms with van der Waals surface area (Å²) in [4.78, 5) is 3.34. The second-order valence-corrected chi connectivity index (χ2v) is 5.03. The lowest BCUT2D eigenvalue weighted by Gasteiger charge is -2.10. The molecule has 0 saturated carbocycles. The van der Waals surface area contributed by atoms with Gasteiger partial charge in [0.1, 0.15) is 6.10 Å². The molecule has 2 heteroatoms. The molecule has 0 radical (unpaired) electrons. The number of aliphatic hydroxyl groups is 1. The third kappa shape index (κ3) is 2.04. The number of nitrogens with one attached hydrogen (secondary N) is 1. The number of aliphatic hydroxyl groups excluding tert-OH is 1. The topological polar surface area (TPSA) is 36.0 Å². The van der Waals surface area contributed by atoms with Gasteiger partial charge in [-0.3, -0.25) is 0 Å². The standard InChI is InChI=1S/C17H17NO/c1-11-8-9-15-14(10-11)12(2)16(18-15)17(19)13-6-4-3-5-7-13/h3-10,17-19H,1-2H3/t17-/m0/s1. The quantitative estimate of drug-likeness (QED) is 0.712. The van der Waals surface area contributed by atoms with Crippen LogP contribution in [0, 0.1) is 13.8 Å². The monoisotopic (exact) mass is 251 g/mol. The van der Waals surface area contributed by atoms with Crippen LogP contribution in [-0.4, -0.2) is 10.1 Å². The summed E-state index contributed by atoms with van der Waals surface area (Å²) >= 11 is 0. The van der Waals surface area contributed by atoms with Crippen LogP contribution in [0.3, 0.4) is 0 Å². The summed E-state index contributed by atoms with van der Waals surface area (Å²) in [7, 11) is 0. The molecule has 2 N–H and O–H groups in total. The summed E-state index contributed by atoms with van der Waals surface area (Å²) in [6, 6.07) is 16.0. The van der Waals surface area contributed by atoms with Crippen LogP contribution in [-0.2, 0) is 0 Å². The molecule has 96 valence electrons. The van der Waals surface area contributed by atoms with Crippen molar-refractivity contribution >= 4 is 10.9 Å². The number of benzene rings is 2. The zero-order chi connectivity index (χ0) is 13.4. The lowest BCUT2D eigenvalue weighted by atomic mass is 10.0. The highest BCUT2D eigenvalue weighted by Crippen LogP contribution is 2.30. The summed E-state index contributed by atoms with van der Waals surface area (Å²) in [5.74, 6) is 0. The Morgan fingerprint density at radius 1 is 1.00 bits per heavy atom. The minimum atomic E-state index is -0.603. The van der Waals surface area contributed by atoms with Gasteiger partial charge in [-0.15, -0.1) is 0 Å². The molecule has 0 aliphatic rings. The van der Waals surface area contributed by atoms with Crippen LogP contribution in [0.15, 0.2) is 48.5 Å². The number of aryl methyl sites for hydroxylation is 2. The minimum absolute atomic E-state index is 0.603. The van der Waals surface area contributed by atoms with Crippen molar-refractivity contribution < 1.29 is 5.11 Å². The first-order chi connectivity index (χ1) is 9.16. The van der Waals surface area contributed by atoms with Gasteiger partial charge in [-0.2, -0.15) is 0 Å². The summed E-state index contributed by atoms with van der Waals surface area (Å²) in [5.41, 5.74) is 5.22. The predicted octanol–water partition coefficient (Wildman–Crippen LogP) is 3.87. The van der Waals surface area contributed by atoms with Crippen LogP contribution in [0.25, 0.3) is 10.9 Å². The molecule has 19 heavy (non-hydrogen) atoms. The van der Waals surface area contributed by atoms with Crippen LogP contribution in [0.4, 0.5) is 0 Å². The van der Waals surface area contributed by atoms with Crippen molar-refractivity contribution in [2.24, 2.45) is 0 Å². The Kier molecular flexibility index (Phi) is 2.88. The van der Waals surface area contributed by atoms with Crippen molar-refractivity contribution in [3.8, 4) is 0 Å². The third-order valence-electron chi connectivity index (χ3n) is 3.64. The fraction of sp³-hybridized carbons (Fsp3) is 0.176. The van der Waals surface area contributed by atoms with Crippen molar-refractivity contribution in [2.45, 2.75) is 20.0 Å². The first kappa shape index (κ1) is 12.0. The van der Waals surface area contributed by atoms with Crippen molar-refractivity contribution in [1.82, 2.24) is 4.98 Å². The molecule has 3 rings (SSSR count). The molecule has 2 aromatic carbocycles. The van der Waals surface area contributed by atoms with E-state index in [0.29, 0.717) is 0 Å². The number of hydrogen-bond acceptors (Lipinski definition) is 1. The molecule has 0 bridgehead atoms. The average Bonchev–Trinajstić information content (AvgIpc) is 2.76. The minimum Gasteiger partial charge on any atom is -0.382 e. The molecule has 1 heterocycles. The van der Waals surface area contributed by atoms with Gasteiger partial charge < -0.3 is 10.1 Å². The van der Waals surface area contributed by atoms with Crippen LogP contribution in [0.1, 0.15) is 28.5 Å². The number of aromatic nitrogens is 1. The van der Waals surface area contributed by atoms with E-state index in [1.807, 2.05) is 30.3 Å². The molecule has 1 atom stereocenters. The van der Waals surface area contributed by atoms with E-state index in [4.69, 9.17) is 0 Å². The SMILES string of the molecule is Cc1ccc2[nH]c([C@@H](O)c3ccccc3)c(C)c2c1. The second-order valence-electron chi connectivity index (χ2n) is 5.03. The molecule has 2 nitrogen and oxygen atoms in total. The molecule has 0 saturated heterocycles. The normalized spacial score (nSPS) is 12.8. The predicted molar refractivity (Wildman–Crippen MR) is 78.3 cm³/mol. The molecule has 0 aliphatic heterocycles. The summed E-state index contributed by atoms with van der Waals surface area (Å²) < 4.78 is 0. The molecule has 0 amide bonds. The highest BCUT2D eigenvalue weighted by atomic mass is 16.3. The van der Waals surface area contributed by atoms with E-state index in [0.717, 1.165) is 22.3 Å². The van der Waals surface area contributed by atoms with E-state index in [-0.39, 0.29) is 0 Å².